The van der Waals surface area contributed by atoms with E-state index in [1.54, 1.807) is 12.1 Å². The Morgan fingerprint density at radius 1 is 1.35 bits per heavy atom. The molecule has 1 N–H and O–H groups in total. The van der Waals surface area contributed by atoms with Gasteiger partial charge in [0, 0.05) is 12.0 Å². The van der Waals surface area contributed by atoms with Crippen LogP contribution in [0.1, 0.15) is 18.7 Å². The summed E-state index contributed by atoms with van der Waals surface area (Å²) in [6.45, 7) is 2.10. The average molecular weight is 340 g/mol. The molecule has 1 aliphatic rings. The first kappa shape index (κ1) is 13.7. The van der Waals surface area contributed by atoms with Gasteiger partial charge in [-0.25, -0.2) is 4.39 Å². The smallest absolute Gasteiger partial charge is 0.227 e. The molecule has 3 rings (SSSR count). The Morgan fingerprint density at radius 3 is 2.90 bits per heavy atom. The van der Waals surface area contributed by atoms with E-state index < -0.39 is 0 Å². The predicted molar refractivity (Wildman–Crippen MR) is 76.7 cm³/mol. The summed E-state index contributed by atoms with van der Waals surface area (Å²) >= 11 is 3.16. The Hall–Kier alpha value is -1.27. The van der Waals surface area contributed by atoms with Crippen molar-refractivity contribution in [1.82, 2.24) is 15.5 Å². The second-order valence-electron chi connectivity index (χ2n) is 5.04. The Morgan fingerprint density at radius 2 is 2.15 bits per heavy atom. The van der Waals surface area contributed by atoms with Gasteiger partial charge in [-0.1, -0.05) is 5.16 Å². The molecule has 1 aromatic carbocycles. The van der Waals surface area contributed by atoms with Crippen LogP contribution in [0.3, 0.4) is 0 Å². The van der Waals surface area contributed by atoms with Crippen molar-refractivity contribution in [3.8, 4) is 11.4 Å². The highest BCUT2D eigenvalue weighted by molar-refractivity contribution is 9.10. The molecule has 6 heteroatoms. The van der Waals surface area contributed by atoms with Gasteiger partial charge in [0.25, 0.3) is 0 Å². The molecule has 1 aliphatic heterocycles. The lowest BCUT2D eigenvalue weighted by molar-refractivity contribution is 0.313. The third-order valence-electron chi connectivity index (χ3n) is 3.57. The van der Waals surface area contributed by atoms with Crippen molar-refractivity contribution in [1.29, 1.82) is 0 Å². The highest BCUT2D eigenvalue weighted by atomic mass is 79.9. The number of hydrogen-bond acceptors (Lipinski definition) is 4. The van der Waals surface area contributed by atoms with Crippen LogP contribution in [0.4, 0.5) is 4.39 Å². The minimum atomic E-state index is -0.299. The summed E-state index contributed by atoms with van der Waals surface area (Å²) in [5.74, 6) is 1.47. The fourth-order valence-electron chi connectivity index (χ4n) is 2.42. The van der Waals surface area contributed by atoms with E-state index in [9.17, 15) is 4.39 Å². The fraction of sp³-hybridized carbons (Fsp3) is 0.429. The summed E-state index contributed by atoms with van der Waals surface area (Å²) in [5.41, 5.74) is 0.749. The van der Waals surface area contributed by atoms with E-state index in [0.717, 1.165) is 37.9 Å². The molecule has 106 valence electrons. The van der Waals surface area contributed by atoms with Gasteiger partial charge in [-0.2, -0.15) is 4.98 Å². The normalized spacial score (nSPS) is 16.5. The van der Waals surface area contributed by atoms with Crippen molar-refractivity contribution in [2.45, 2.75) is 19.3 Å². The van der Waals surface area contributed by atoms with Gasteiger partial charge in [0.05, 0.1) is 4.47 Å². The van der Waals surface area contributed by atoms with Crippen LogP contribution in [0.25, 0.3) is 11.4 Å². The molecule has 0 unspecified atom stereocenters. The number of nitrogens with zero attached hydrogens (tertiary/aromatic N) is 2. The molecule has 0 aliphatic carbocycles. The third kappa shape index (κ3) is 3.07. The second-order valence-corrected chi connectivity index (χ2v) is 5.89. The molecular formula is C14H15BrFN3O. The van der Waals surface area contributed by atoms with Gasteiger partial charge in [-0.05, 0) is 66.0 Å². The average Bonchev–Trinajstić information content (AvgIpc) is 2.91. The lowest BCUT2D eigenvalue weighted by Gasteiger charge is -2.20. The van der Waals surface area contributed by atoms with Crippen LogP contribution < -0.4 is 5.32 Å². The van der Waals surface area contributed by atoms with Crippen LogP contribution >= 0.6 is 15.9 Å². The number of aromatic nitrogens is 2. The Labute approximate surface area is 124 Å². The van der Waals surface area contributed by atoms with Crippen molar-refractivity contribution >= 4 is 15.9 Å². The zero-order valence-corrected chi connectivity index (χ0v) is 12.5. The fourth-order valence-corrected chi connectivity index (χ4v) is 2.80. The number of piperidine rings is 1. The predicted octanol–water partition coefficient (Wildman–Crippen LogP) is 3.18. The number of benzene rings is 1. The quantitative estimate of drug-likeness (QED) is 0.932. The summed E-state index contributed by atoms with van der Waals surface area (Å²) in [7, 11) is 0. The highest BCUT2D eigenvalue weighted by Crippen LogP contribution is 2.24. The molecule has 2 heterocycles. The molecule has 0 spiro atoms. The van der Waals surface area contributed by atoms with E-state index in [0.29, 0.717) is 22.1 Å². The molecule has 1 saturated heterocycles. The molecule has 0 bridgehead atoms. The van der Waals surface area contributed by atoms with Crippen LogP contribution in [0.15, 0.2) is 27.2 Å². The van der Waals surface area contributed by atoms with Crippen molar-refractivity contribution in [2.75, 3.05) is 13.1 Å². The van der Waals surface area contributed by atoms with E-state index in [2.05, 4.69) is 31.4 Å². The number of rotatable bonds is 3. The Bertz CT molecular complexity index is 596. The monoisotopic (exact) mass is 339 g/mol. The van der Waals surface area contributed by atoms with Crippen molar-refractivity contribution in [3.05, 3.63) is 34.4 Å². The molecule has 1 aromatic heterocycles. The number of hydrogen-bond donors (Lipinski definition) is 1. The van der Waals surface area contributed by atoms with Gasteiger partial charge in [-0.3, -0.25) is 0 Å². The summed E-state index contributed by atoms with van der Waals surface area (Å²) in [5, 5.41) is 7.31. The van der Waals surface area contributed by atoms with Crippen LogP contribution in [-0.4, -0.2) is 23.2 Å². The van der Waals surface area contributed by atoms with E-state index in [4.69, 9.17) is 4.52 Å². The van der Waals surface area contributed by atoms with E-state index in [1.807, 2.05) is 0 Å². The second kappa shape index (κ2) is 6.01. The zero-order valence-electron chi connectivity index (χ0n) is 10.9. The summed E-state index contributed by atoms with van der Waals surface area (Å²) in [6, 6.07) is 4.70. The Balaban J connectivity index is 1.73. The van der Waals surface area contributed by atoms with Gasteiger partial charge in [0.15, 0.2) is 0 Å². The molecule has 1 fully saturated rings. The van der Waals surface area contributed by atoms with Crippen molar-refractivity contribution in [3.63, 3.8) is 0 Å². The minimum absolute atomic E-state index is 0.299. The lowest BCUT2D eigenvalue weighted by Crippen LogP contribution is -2.28. The molecule has 2 aromatic rings. The number of nitrogens with one attached hydrogen (secondary N) is 1. The maximum absolute atomic E-state index is 13.2. The molecule has 0 radical (unpaired) electrons. The molecule has 4 nitrogen and oxygen atoms in total. The largest absolute Gasteiger partial charge is 0.339 e. The van der Waals surface area contributed by atoms with E-state index >= 15 is 0 Å². The first-order valence-electron chi connectivity index (χ1n) is 6.71. The lowest BCUT2D eigenvalue weighted by atomic mass is 9.95. The molecular weight excluding hydrogens is 325 g/mol. The van der Waals surface area contributed by atoms with E-state index in [-0.39, 0.29) is 5.82 Å². The van der Waals surface area contributed by atoms with Crippen molar-refractivity contribution in [2.24, 2.45) is 5.92 Å². The maximum Gasteiger partial charge on any atom is 0.227 e. The zero-order chi connectivity index (χ0) is 13.9. The van der Waals surface area contributed by atoms with Gasteiger partial charge in [0.1, 0.15) is 5.82 Å². The van der Waals surface area contributed by atoms with Crippen LogP contribution in [0.5, 0.6) is 0 Å². The maximum atomic E-state index is 13.2. The molecule has 0 saturated carbocycles. The topological polar surface area (TPSA) is 51.0 Å². The Kier molecular flexibility index (Phi) is 4.12. The minimum Gasteiger partial charge on any atom is -0.339 e. The van der Waals surface area contributed by atoms with Gasteiger partial charge >= 0.3 is 0 Å². The van der Waals surface area contributed by atoms with Crippen LogP contribution in [-0.2, 0) is 6.42 Å². The molecule has 20 heavy (non-hydrogen) atoms. The highest BCUT2D eigenvalue weighted by Gasteiger charge is 2.18. The first-order valence-corrected chi connectivity index (χ1v) is 7.50. The van der Waals surface area contributed by atoms with Crippen LogP contribution in [0, 0.1) is 11.7 Å². The van der Waals surface area contributed by atoms with Gasteiger partial charge < -0.3 is 9.84 Å². The summed E-state index contributed by atoms with van der Waals surface area (Å²) in [6.07, 6.45) is 3.09. The molecule has 0 amide bonds. The van der Waals surface area contributed by atoms with Gasteiger partial charge in [-0.15, -0.1) is 0 Å². The van der Waals surface area contributed by atoms with E-state index in [1.165, 1.54) is 6.07 Å². The standard InChI is InChI=1S/C14H15BrFN3O/c15-11-8-10(1-2-12(11)16)14-18-13(20-19-14)7-9-3-5-17-6-4-9/h1-2,8-9,17H,3-7H2. The summed E-state index contributed by atoms with van der Waals surface area (Å²) in [4.78, 5) is 4.40. The summed E-state index contributed by atoms with van der Waals surface area (Å²) < 4.78 is 18.9. The SMILES string of the molecule is Fc1ccc(-c2noc(CC3CCNCC3)n2)cc1Br. The third-order valence-corrected chi connectivity index (χ3v) is 4.18. The molecule has 0 atom stereocenters. The van der Waals surface area contributed by atoms with Crippen LogP contribution in [0.2, 0.25) is 0 Å². The van der Waals surface area contributed by atoms with Gasteiger partial charge in [0.2, 0.25) is 11.7 Å². The first-order chi connectivity index (χ1) is 9.72. The number of halogens is 2. The van der Waals surface area contributed by atoms with Crippen molar-refractivity contribution < 1.29 is 8.91 Å².